The van der Waals surface area contributed by atoms with Gasteiger partial charge in [0.15, 0.2) is 0 Å². The van der Waals surface area contributed by atoms with E-state index in [1.54, 1.807) is 0 Å². The fraction of sp³-hybridized carbons (Fsp3) is 0.385. The van der Waals surface area contributed by atoms with Crippen molar-refractivity contribution in [3.05, 3.63) is 81.6 Å². The maximum Gasteiger partial charge on any atom is 4.00 e. The van der Waals surface area contributed by atoms with Crippen LogP contribution in [0.4, 0.5) is 0 Å². The normalized spacial score (nSPS) is 13.0. The van der Waals surface area contributed by atoms with Crippen molar-refractivity contribution in [1.29, 1.82) is 0 Å². The Kier molecular flexibility index (Phi) is 13.0. The Bertz CT molecular complexity index is 864. The van der Waals surface area contributed by atoms with Gasteiger partial charge in [0.05, 0.1) is 0 Å². The zero-order valence-corrected chi connectivity index (χ0v) is 24.7. The van der Waals surface area contributed by atoms with E-state index in [-0.39, 0.29) is 64.4 Å². The first-order valence-electron chi connectivity index (χ1n) is 10.0. The molecular formula is C26H33Cl3SiTi. The van der Waals surface area contributed by atoms with Crippen molar-refractivity contribution in [2.24, 2.45) is 5.41 Å². The van der Waals surface area contributed by atoms with E-state index in [1.807, 2.05) is 0 Å². The predicted octanol–water partition coefficient (Wildman–Crippen LogP) is -3.23. The molecule has 0 spiro atoms. The van der Waals surface area contributed by atoms with Gasteiger partial charge in [0.25, 0.3) is 0 Å². The third-order valence-corrected chi connectivity index (χ3v) is 10.1. The quantitative estimate of drug-likeness (QED) is 0.291. The van der Waals surface area contributed by atoms with Crippen molar-refractivity contribution in [3.63, 3.8) is 0 Å². The summed E-state index contributed by atoms with van der Waals surface area (Å²) in [6.07, 6.45) is 7.17. The van der Waals surface area contributed by atoms with Crippen LogP contribution in [0.2, 0.25) is 6.55 Å². The first-order chi connectivity index (χ1) is 12.5. The Morgan fingerprint density at radius 2 is 1.06 bits per heavy atom. The third-order valence-electron chi connectivity index (χ3n) is 5.76. The second-order valence-corrected chi connectivity index (χ2v) is 13.4. The van der Waals surface area contributed by atoms with Crippen LogP contribution in [0.1, 0.15) is 49.4 Å². The standard InChI is InChI=1S/C26H33Si.3ClH.Ti/c1-18-12-19(2)15-22(14-18)27(8,23-16-20(3)13-21(4)17-23)25-11-9-10-24(25)26(5,6)7;;;;/h10,12-17H,9H2,1-8H3;3*1H;/q-1;;;;+4/p-3. The minimum Gasteiger partial charge on any atom is -1.00 e. The van der Waals surface area contributed by atoms with E-state index in [0.717, 1.165) is 6.42 Å². The van der Waals surface area contributed by atoms with Gasteiger partial charge in [-0.15, -0.1) is 6.42 Å². The first kappa shape index (κ1) is 32.9. The van der Waals surface area contributed by atoms with E-state index in [1.165, 1.54) is 43.4 Å². The van der Waals surface area contributed by atoms with Crippen LogP contribution >= 0.6 is 0 Å². The van der Waals surface area contributed by atoms with Crippen molar-refractivity contribution in [2.45, 2.75) is 61.4 Å². The zero-order chi connectivity index (χ0) is 20.0. The summed E-state index contributed by atoms with van der Waals surface area (Å²) in [5.74, 6) is 0. The number of rotatable bonds is 3. The molecule has 0 amide bonds. The number of halogens is 3. The zero-order valence-electron chi connectivity index (χ0n) is 19.9. The van der Waals surface area contributed by atoms with Crippen LogP contribution in [0.5, 0.6) is 0 Å². The molecule has 5 heteroatoms. The molecule has 0 aromatic heterocycles. The molecule has 0 bridgehead atoms. The predicted molar refractivity (Wildman–Crippen MR) is 122 cm³/mol. The van der Waals surface area contributed by atoms with Gasteiger partial charge >= 0.3 is 21.7 Å². The molecule has 1 aliphatic rings. The van der Waals surface area contributed by atoms with Gasteiger partial charge in [0.1, 0.15) is 8.07 Å². The van der Waals surface area contributed by atoms with Gasteiger partial charge in [-0.05, 0) is 27.7 Å². The Labute approximate surface area is 224 Å². The topological polar surface area (TPSA) is 0 Å². The molecule has 0 fully saturated rings. The fourth-order valence-electron chi connectivity index (χ4n) is 4.56. The summed E-state index contributed by atoms with van der Waals surface area (Å²) < 4.78 is 0. The van der Waals surface area contributed by atoms with Gasteiger partial charge in [0, 0.05) is 0 Å². The van der Waals surface area contributed by atoms with Gasteiger partial charge in [-0.3, -0.25) is 6.08 Å². The van der Waals surface area contributed by atoms with E-state index in [4.69, 9.17) is 0 Å². The summed E-state index contributed by atoms with van der Waals surface area (Å²) in [6.45, 7) is 18.4. The van der Waals surface area contributed by atoms with Gasteiger partial charge in [-0.2, -0.15) is 11.6 Å². The Morgan fingerprint density at radius 3 is 1.39 bits per heavy atom. The van der Waals surface area contributed by atoms with Crippen LogP contribution in [-0.2, 0) is 21.7 Å². The van der Waals surface area contributed by atoms with Crippen molar-refractivity contribution >= 4 is 18.4 Å². The molecule has 0 unspecified atom stereocenters. The number of benzene rings is 2. The molecule has 0 nitrogen and oxygen atoms in total. The molecule has 31 heavy (non-hydrogen) atoms. The van der Waals surface area contributed by atoms with Crippen molar-refractivity contribution in [2.75, 3.05) is 0 Å². The van der Waals surface area contributed by atoms with E-state index in [0.29, 0.717) is 0 Å². The van der Waals surface area contributed by atoms with Crippen molar-refractivity contribution in [3.8, 4) is 0 Å². The maximum atomic E-state index is 3.81. The summed E-state index contributed by atoms with van der Waals surface area (Å²) in [5, 5.41) is 4.50. The van der Waals surface area contributed by atoms with E-state index < -0.39 is 8.07 Å². The van der Waals surface area contributed by atoms with E-state index in [2.05, 4.69) is 104 Å². The van der Waals surface area contributed by atoms with E-state index in [9.17, 15) is 0 Å². The molecule has 0 N–H and O–H groups in total. The SMILES string of the molecule is Cc1cc(C)cc([Si](C)(C2=[C-]CC=C2C(C)(C)C)c2cc(C)cc(C)c2)c1.[Cl-].[Cl-].[Cl-].[Ti+4]. The largest absolute Gasteiger partial charge is 4.00 e. The molecule has 2 aromatic carbocycles. The number of hydrogen-bond acceptors (Lipinski definition) is 0. The fourth-order valence-corrected chi connectivity index (χ4v) is 9.01. The minimum absolute atomic E-state index is 0. The maximum absolute atomic E-state index is 3.81. The Balaban J connectivity index is 0. The van der Waals surface area contributed by atoms with Crippen LogP contribution in [0.25, 0.3) is 0 Å². The summed E-state index contributed by atoms with van der Waals surface area (Å²) in [4.78, 5) is 0. The van der Waals surface area contributed by atoms with Crippen LogP contribution in [0.15, 0.2) is 53.2 Å². The van der Waals surface area contributed by atoms with Crippen LogP contribution in [0.3, 0.4) is 0 Å². The molecule has 1 aliphatic carbocycles. The smallest absolute Gasteiger partial charge is 1.00 e. The average Bonchev–Trinajstić information content (AvgIpc) is 3.02. The molecule has 0 saturated carbocycles. The molecule has 0 atom stereocenters. The molecule has 0 radical (unpaired) electrons. The first-order valence-corrected chi connectivity index (χ1v) is 12.5. The van der Waals surface area contributed by atoms with Gasteiger partial charge < -0.3 is 37.2 Å². The molecule has 0 saturated heterocycles. The molecular weight excluding hydrogens is 495 g/mol. The molecule has 0 aliphatic heterocycles. The molecule has 2 aromatic rings. The summed E-state index contributed by atoms with van der Waals surface area (Å²) in [5.41, 5.74) is 7.06. The molecule has 0 heterocycles. The van der Waals surface area contributed by atoms with Crippen LogP contribution < -0.4 is 47.6 Å². The molecule has 166 valence electrons. The Morgan fingerprint density at radius 1 is 0.710 bits per heavy atom. The number of hydrogen-bond donors (Lipinski definition) is 0. The Hall–Kier alpha value is -0.279. The van der Waals surface area contributed by atoms with Crippen LogP contribution in [0, 0.1) is 39.2 Å². The number of aryl methyl sites for hydroxylation is 4. The second-order valence-electron chi connectivity index (χ2n) is 9.50. The van der Waals surface area contributed by atoms with Crippen LogP contribution in [-0.4, -0.2) is 8.07 Å². The second kappa shape index (κ2) is 12.3. The monoisotopic (exact) mass is 526 g/mol. The van der Waals surface area contributed by atoms with E-state index >= 15 is 0 Å². The third kappa shape index (κ3) is 6.86. The summed E-state index contributed by atoms with van der Waals surface area (Å²) in [7, 11) is -2.13. The van der Waals surface area contributed by atoms with Gasteiger partial charge in [-0.25, -0.2) is 5.20 Å². The number of allylic oxidation sites excluding steroid dienone is 4. The minimum atomic E-state index is -2.13. The van der Waals surface area contributed by atoms with Crippen molar-refractivity contribution < 1.29 is 58.9 Å². The van der Waals surface area contributed by atoms with Gasteiger partial charge in [-0.1, -0.05) is 102 Å². The average molecular weight is 528 g/mol. The summed E-state index contributed by atoms with van der Waals surface area (Å²) >= 11 is 0. The van der Waals surface area contributed by atoms with Gasteiger partial charge in [0.2, 0.25) is 0 Å². The summed E-state index contributed by atoms with van der Waals surface area (Å²) in [6, 6.07) is 14.3. The molecule has 3 rings (SSSR count). The van der Waals surface area contributed by atoms with Crippen molar-refractivity contribution in [1.82, 2.24) is 0 Å².